The minimum Gasteiger partial charge on any atom is -0.364 e. The molecule has 2 rings (SSSR count). The normalized spacial score (nSPS) is 11.1. The Balaban J connectivity index is 1.93. The largest absolute Gasteiger partial charge is 0.364 e. The van der Waals surface area contributed by atoms with Gasteiger partial charge in [0.2, 0.25) is 0 Å². The average molecular weight is 302 g/mol. The van der Waals surface area contributed by atoms with Crippen molar-refractivity contribution >= 4 is 11.7 Å². The molecule has 0 aliphatic carbocycles. The van der Waals surface area contributed by atoms with Gasteiger partial charge in [-0.05, 0) is 38.5 Å². The van der Waals surface area contributed by atoms with Gasteiger partial charge in [0.05, 0.1) is 12.4 Å². The maximum atomic E-state index is 12.8. The Bertz CT molecular complexity index is 633. The number of aromatic nitrogens is 2. The quantitative estimate of drug-likeness (QED) is 0.911. The smallest absolute Gasteiger partial charge is 0.271 e. The summed E-state index contributed by atoms with van der Waals surface area (Å²) < 4.78 is 12.8. The maximum absolute atomic E-state index is 12.8. The molecule has 0 spiro atoms. The first-order chi connectivity index (χ1) is 10.3. The van der Waals surface area contributed by atoms with Crippen LogP contribution in [0.4, 0.5) is 10.2 Å². The molecule has 1 amide bonds. The number of carbonyl (C=O) groups is 1. The number of rotatable bonds is 4. The Morgan fingerprint density at radius 3 is 2.36 bits per heavy atom. The van der Waals surface area contributed by atoms with Crippen molar-refractivity contribution in [2.45, 2.75) is 32.9 Å². The number of nitrogens with zero attached hydrogens (tertiary/aromatic N) is 2. The molecule has 0 saturated heterocycles. The molecule has 0 saturated carbocycles. The maximum Gasteiger partial charge on any atom is 0.271 e. The number of nitrogens with one attached hydrogen (secondary N) is 2. The van der Waals surface area contributed by atoms with E-state index in [-0.39, 0.29) is 23.0 Å². The van der Waals surface area contributed by atoms with Crippen LogP contribution in [0.3, 0.4) is 0 Å². The molecular weight excluding hydrogens is 283 g/mol. The summed E-state index contributed by atoms with van der Waals surface area (Å²) in [5.41, 5.74) is 0.927. The predicted octanol–water partition coefficient (Wildman–Crippen LogP) is 2.76. The van der Waals surface area contributed by atoms with Crippen LogP contribution >= 0.6 is 0 Å². The molecule has 0 bridgehead atoms. The summed E-state index contributed by atoms with van der Waals surface area (Å²) in [6.45, 7) is 6.34. The third-order valence-electron chi connectivity index (χ3n) is 2.75. The Morgan fingerprint density at radius 2 is 1.82 bits per heavy atom. The summed E-state index contributed by atoms with van der Waals surface area (Å²) in [5.74, 6) is -0.00963. The molecule has 5 nitrogen and oxygen atoms in total. The van der Waals surface area contributed by atoms with Crippen LogP contribution in [0.15, 0.2) is 36.7 Å². The fraction of sp³-hybridized carbons (Fsp3) is 0.312. The minimum atomic E-state index is -0.320. The number of anilines is 1. The van der Waals surface area contributed by atoms with Crippen LogP contribution in [0.1, 0.15) is 36.8 Å². The van der Waals surface area contributed by atoms with Crippen molar-refractivity contribution in [3.63, 3.8) is 0 Å². The van der Waals surface area contributed by atoms with E-state index in [4.69, 9.17) is 0 Å². The summed E-state index contributed by atoms with van der Waals surface area (Å²) in [7, 11) is 0. The van der Waals surface area contributed by atoms with Crippen LogP contribution in [-0.4, -0.2) is 21.4 Å². The molecule has 116 valence electrons. The van der Waals surface area contributed by atoms with E-state index < -0.39 is 0 Å². The molecule has 2 N–H and O–H groups in total. The van der Waals surface area contributed by atoms with Gasteiger partial charge in [0.25, 0.3) is 5.91 Å². The molecule has 22 heavy (non-hydrogen) atoms. The number of hydrogen-bond donors (Lipinski definition) is 2. The van der Waals surface area contributed by atoms with Crippen molar-refractivity contribution in [3.8, 4) is 0 Å². The first kappa shape index (κ1) is 15.9. The highest BCUT2D eigenvalue weighted by molar-refractivity contribution is 5.91. The molecule has 0 aliphatic heterocycles. The van der Waals surface area contributed by atoms with E-state index in [1.165, 1.54) is 24.5 Å². The van der Waals surface area contributed by atoms with Gasteiger partial charge >= 0.3 is 0 Å². The number of halogens is 1. The fourth-order valence-electron chi connectivity index (χ4n) is 1.77. The van der Waals surface area contributed by atoms with E-state index >= 15 is 0 Å². The lowest BCUT2D eigenvalue weighted by atomic mass is 10.1. The molecule has 0 unspecified atom stereocenters. The third-order valence-corrected chi connectivity index (χ3v) is 2.75. The van der Waals surface area contributed by atoms with E-state index in [1.54, 1.807) is 12.1 Å². The second kappa shape index (κ2) is 6.51. The number of hydrogen-bond acceptors (Lipinski definition) is 4. The Labute approximate surface area is 129 Å². The highest BCUT2D eigenvalue weighted by Gasteiger charge is 2.12. The average Bonchev–Trinajstić information content (AvgIpc) is 2.45. The lowest BCUT2D eigenvalue weighted by Gasteiger charge is -2.20. The van der Waals surface area contributed by atoms with Gasteiger partial charge in [-0.3, -0.25) is 4.79 Å². The summed E-state index contributed by atoms with van der Waals surface area (Å²) in [6, 6.07) is 5.96. The Kier molecular flexibility index (Phi) is 4.70. The summed E-state index contributed by atoms with van der Waals surface area (Å²) >= 11 is 0. The lowest BCUT2D eigenvalue weighted by Crippen LogP contribution is -2.27. The van der Waals surface area contributed by atoms with Gasteiger partial charge in [0.1, 0.15) is 17.3 Å². The van der Waals surface area contributed by atoms with Crippen molar-refractivity contribution in [3.05, 3.63) is 53.7 Å². The van der Waals surface area contributed by atoms with Gasteiger partial charge in [0.15, 0.2) is 0 Å². The third kappa shape index (κ3) is 4.80. The van der Waals surface area contributed by atoms with Crippen LogP contribution < -0.4 is 10.6 Å². The van der Waals surface area contributed by atoms with Crippen molar-refractivity contribution < 1.29 is 9.18 Å². The van der Waals surface area contributed by atoms with Gasteiger partial charge < -0.3 is 10.6 Å². The molecule has 0 radical (unpaired) electrons. The molecular formula is C16H19FN4O. The van der Waals surface area contributed by atoms with Crippen LogP contribution in [0.5, 0.6) is 0 Å². The summed E-state index contributed by atoms with van der Waals surface area (Å²) in [4.78, 5) is 20.2. The highest BCUT2D eigenvalue weighted by atomic mass is 19.1. The first-order valence-corrected chi connectivity index (χ1v) is 6.96. The molecule has 0 atom stereocenters. The topological polar surface area (TPSA) is 66.9 Å². The zero-order chi connectivity index (χ0) is 16.2. The molecule has 0 aliphatic rings. The van der Waals surface area contributed by atoms with E-state index in [0.717, 1.165) is 5.56 Å². The van der Waals surface area contributed by atoms with Gasteiger partial charge in [-0.2, -0.15) is 0 Å². The molecule has 1 heterocycles. The standard InChI is InChI=1S/C16H19FN4O/c1-16(2,3)21-14-10-18-13(9-19-14)15(22)20-8-11-4-6-12(17)7-5-11/h4-7,9-10H,8H2,1-3H3,(H,19,21)(H,20,22). The van der Waals surface area contributed by atoms with Crippen molar-refractivity contribution in [1.82, 2.24) is 15.3 Å². The molecule has 0 fully saturated rings. The van der Waals surface area contributed by atoms with Crippen molar-refractivity contribution in [2.75, 3.05) is 5.32 Å². The summed E-state index contributed by atoms with van der Waals surface area (Å²) in [6.07, 6.45) is 2.95. The number of benzene rings is 1. The Hall–Kier alpha value is -2.50. The van der Waals surface area contributed by atoms with E-state index in [0.29, 0.717) is 12.4 Å². The van der Waals surface area contributed by atoms with E-state index in [2.05, 4.69) is 20.6 Å². The zero-order valence-corrected chi connectivity index (χ0v) is 12.9. The van der Waals surface area contributed by atoms with E-state index in [1.807, 2.05) is 20.8 Å². The molecule has 6 heteroatoms. The lowest BCUT2D eigenvalue weighted by molar-refractivity contribution is 0.0945. The highest BCUT2D eigenvalue weighted by Crippen LogP contribution is 2.10. The number of amides is 1. The SMILES string of the molecule is CC(C)(C)Nc1cnc(C(=O)NCc2ccc(F)cc2)cn1. The first-order valence-electron chi connectivity index (χ1n) is 6.96. The molecule has 1 aromatic heterocycles. The van der Waals surface area contributed by atoms with Crippen molar-refractivity contribution in [1.29, 1.82) is 0 Å². The van der Waals surface area contributed by atoms with Gasteiger partial charge in [0, 0.05) is 12.1 Å². The number of carbonyl (C=O) groups excluding carboxylic acids is 1. The fourth-order valence-corrected chi connectivity index (χ4v) is 1.77. The summed E-state index contributed by atoms with van der Waals surface area (Å²) in [5, 5.41) is 5.89. The van der Waals surface area contributed by atoms with Crippen LogP contribution in [0.25, 0.3) is 0 Å². The van der Waals surface area contributed by atoms with Crippen LogP contribution in [0, 0.1) is 5.82 Å². The van der Waals surface area contributed by atoms with Gasteiger partial charge in [-0.1, -0.05) is 12.1 Å². The predicted molar refractivity (Wildman–Crippen MR) is 83.0 cm³/mol. The van der Waals surface area contributed by atoms with Crippen molar-refractivity contribution in [2.24, 2.45) is 0 Å². The minimum absolute atomic E-state index is 0.124. The van der Waals surface area contributed by atoms with Crippen LogP contribution in [0.2, 0.25) is 0 Å². The molecule has 2 aromatic rings. The second-order valence-electron chi connectivity index (χ2n) is 5.97. The Morgan fingerprint density at radius 1 is 1.14 bits per heavy atom. The van der Waals surface area contributed by atoms with Gasteiger partial charge in [-0.15, -0.1) is 0 Å². The monoisotopic (exact) mass is 302 g/mol. The van der Waals surface area contributed by atoms with E-state index in [9.17, 15) is 9.18 Å². The molecule has 1 aromatic carbocycles. The zero-order valence-electron chi connectivity index (χ0n) is 12.9. The van der Waals surface area contributed by atoms with Crippen LogP contribution in [-0.2, 0) is 6.54 Å². The van der Waals surface area contributed by atoms with Gasteiger partial charge in [-0.25, -0.2) is 14.4 Å². The second-order valence-corrected chi connectivity index (χ2v) is 5.97.